The number of carbonyl (C=O) groups is 4. The zero-order valence-electron chi connectivity index (χ0n) is 22.4. The number of esters is 2. The van der Waals surface area contributed by atoms with Crippen LogP contribution in [-0.4, -0.2) is 41.1 Å². The molecule has 4 aromatic carbocycles. The number of nitrogens with zero attached hydrogens (tertiary/aromatic N) is 2. The maximum atomic E-state index is 13.4. The van der Waals surface area contributed by atoms with Crippen LogP contribution in [0.1, 0.15) is 26.3 Å². The first-order valence-electron chi connectivity index (χ1n) is 12.7. The Labute approximate surface area is 255 Å². The van der Waals surface area contributed by atoms with E-state index in [4.69, 9.17) is 32.7 Å². The molecule has 4 aromatic rings. The third kappa shape index (κ3) is 8.25. The SMILES string of the molecule is Cc1ccc(N=Nc2ccc(NC(=O)[C@@H](OC(=O)c3ccccc3Cl)[C@H](OC(=O)c3ccccc3Cl)C(=O)O)cc2)cc1. The summed E-state index contributed by atoms with van der Waals surface area (Å²) in [5, 5.41) is 20.7. The van der Waals surface area contributed by atoms with Crippen LogP contribution in [0.25, 0.3) is 0 Å². The van der Waals surface area contributed by atoms with Crippen molar-refractivity contribution in [3.63, 3.8) is 0 Å². The average Bonchev–Trinajstić information content (AvgIpc) is 2.99. The molecule has 0 bridgehead atoms. The number of carboxylic acid groups (broad SMARTS) is 1. The summed E-state index contributed by atoms with van der Waals surface area (Å²) in [5.74, 6) is -5.10. The number of aliphatic carboxylic acids is 1. The van der Waals surface area contributed by atoms with Crippen LogP contribution in [0.3, 0.4) is 0 Å². The molecule has 0 saturated carbocycles. The van der Waals surface area contributed by atoms with E-state index in [0.29, 0.717) is 11.4 Å². The van der Waals surface area contributed by atoms with Crippen LogP contribution in [-0.2, 0) is 19.1 Å². The summed E-state index contributed by atoms with van der Waals surface area (Å²) in [7, 11) is 0. The summed E-state index contributed by atoms with van der Waals surface area (Å²) in [6.45, 7) is 1.96. The van der Waals surface area contributed by atoms with Crippen molar-refractivity contribution in [2.45, 2.75) is 19.1 Å². The zero-order chi connectivity index (χ0) is 30.9. The molecule has 1 amide bonds. The number of halogens is 2. The minimum absolute atomic E-state index is 0.00184. The predicted octanol–water partition coefficient (Wildman–Crippen LogP) is 7.19. The van der Waals surface area contributed by atoms with Crippen molar-refractivity contribution in [2.24, 2.45) is 10.2 Å². The standard InChI is InChI=1S/C31H23Cl2N3O7/c1-18-10-12-20(13-11-18)35-36-21-16-14-19(15-17-21)34-28(37)26(42-30(40)22-6-2-4-8-24(22)32)27(29(38)39)43-31(41)23-7-3-5-9-25(23)33/h2-17,26-27H,1H3,(H,34,37)(H,38,39)/t26-,27-/m0/s1. The van der Waals surface area contributed by atoms with Crippen LogP contribution < -0.4 is 5.32 Å². The van der Waals surface area contributed by atoms with E-state index >= 15 is 0 Å². The molecular formula is C31H23Cl2N3O7. The fourth-order valence-corrected chi connectivity index (χ4v) is 4.08. The maximum absolute atomic E-state index is 13.4. The van der Waals surface area contributed by atoms with Gasteiger partial charge in [-0.05, 0) is 67.6 Å². The Morgan fingerprint density at radius 1 is 0.674 bits per heavy atom. The normalized spacial score (nSPS) is 12.3. The van der Waals surface area contributed by atoms with Crippen LogP contribution >= 0.6 is 23.2 Å². The molecule has 4 rings (SSSR count). The van der Waals surface area contributed by atoms with Crippen LogP contribution in [0.4, 0.5) is 17.1 Å². The Morgan fingerprint density at radius 3 is 1.58 bits per heavy atom. The van der Waals surface area contributed by atoms with Gasteiger partial charge < -0.3 is 19.9 Å². The van der Waals surface area contributed by atoms with Gasteiger partial charge in [-0.3, -0.25) is 4.79 Å². The Morgan fingerprint density at radius 2 is 1.12 bits per heavy atom. The smallest absolute Gasteiger partial charge is 0.349 e. The number of benzene rings is 4. The van der Waals surface area contributed by atoms with Gasteiger partial charge in [-0.1, -0.05) is 65.2 Å². The van der Waals surface area contributed by atoms with Gasteiger partial charge in [0.15, 0.2) is 0 Å². The molecule has 0 spiro atoms. The molecule has 2 N–H and O–H groups in total. The van der Waals surface area contributed by atoms with Crippen LogP contribution in [0, 0.1) is 6.92 Å². The Hall–Kier alpha value is -5.06. The molecule has 218 valence electrons. The molecule has 2 atom stereocenters. The fourth-order valence-electron chi connectivity index (χ4n) is 3.66. The fraction of sp³-hybridized carbons (Fsp3) is 0.0968. The summed E-state index contributed by atoms with van der Waals surface area (Å²) < 4.78 is 10.4. The van der Waals surface area contributed by atoms with Gasteiger partial charge in [0.25, 0.3) is 5.91 Å². The van der Waals surface area contributed by atoms with Crippen molar-refractivity contribution in [3.05, 3.63) is 124 Å². The molecule has 0 radical (unpaired) electrons. The van der Waals surface area contributed by atoms with E-state index in [0.717, 1.165) is 5.56 Å². The van der Waals surface area contributed by atoms with Crippen molar-refractivity contribution in [1.82, 2.24) is 0 Å². The summed E-state index contributed by atoms with van der Waals surface area (Å²) >= 11 is 12.1. The molecule has 0 fully saturated rings. The number of nitrogens with one attached hydrogen (secondary N) is 1. The van der Waals surface area contributed by atoms with Crippen molar-refractivity contribution < 1.29 is 33.8 Å². The minimum atomic E-state index is -2.25. The topological polar surface area (TPSA) is 144 Å². The minimum Gasteiger partial charge on any atom is -0.478 e. The number of amides is 1. The predicted molar refractivity (Wildman–Crippen MR) is 159 cm³/mol. The second-order valence-corrected chi connectivity index (χ2v) is 9.84. The monoisotopic (exact) mass is 619 g/mol. The van der Waals surface area contributed by atoms with Gasteiger partial charge >= 0.3 is 17.9 Å². The highest BCUT2D eigenvalue weighted by Crippen LogP contribution is 2.24. The Kier molecular flexibility index (Phi) is 10.2. The highest BCUT2D eigenvalue weighted by molar-refractivity contribution is 6.34. The lowest BCUT2D eigenvalue weighted by atomic mass is 10.1. The van der Waals surface area contributed by atoms with Crippen LogP contribution in [0.2, 0.25) is 10.0 Å². The number of carbonyl (C=O) groups excluding carboxylic acids is 3. The number of aryl methyl sites for hydroxylation is 1. The van der Waals surface area contributed by atoms with Gasteiger partial charge in [0.05, 0.1) is 32.5 Å². The average molecular weight is 620 g/mol. The van der Waals surface area contributed by atoms with Gasteiger partial charge in [-0.25, -0.2) is 14.4 Å². The van der Waals surface area contributed by atoms with Gasteiger partial charge in [0, 0.05) is 5.69 Å². The molecule has 0 heterocycles. The third-order valence-corrected chi connectivity index (χ3v) is 6.54. The van der Waals surface area contributed by atoms with Gasteiger partial charge in [-0.2, -0.15) is 10.2 Å². The third-order valence-electron chi connectivity index (χ3n) is 5.88. The summed E-state index contributed by atoms with van der Waals surface area (Å²) in [4.78, 5) is 51.4. The van der Waals surface area contributed by atoms with Crippen molar-refractivity contribution in [1.29, 1.82) is 0 Å². The maximum Gasteiger partial charge on any atom is 0.349 e. The molecule has 0 aromatic heterocycles. The number of anilines is 1. The molecule has 0 saturated heterocycles. The lowest BCUT2D eigenvalue weighted by Gasteiger charge is -2.24. The van der Waals surface area contributed by atoms with E-state index in [1.165, 1.54) is 48.5 Å². The number of azo groups is 1. The number of hydrogen-bond acceptors (Lipinski definition) is 8. The largest absolute Gasteiger partial charge is 0.478 e. The van der Waals surface area contributed by atoms with Crippen molar-refractivity contribution in [3.8, 4) is 0 Å². The van der Waals surface area contributed by atoms with Gasteiger partial charge in [0.1, 0.15) is 0 Å². The zero-order valence-corrected chi connectivity index (χ0v) is 24.0. The molecule has 10 nitrogen and oxygen atoms in total. The first-order chi connectivity index (χ1) is 20.6. The van der Waals surface area contributed by atoms with E-state index in [9.17, 15) is 24.3 Å². The van der Waals surface area contributed by atoms with Crippen LogP contribution in [0.15, 0.2) is 107 Å². The summed E-state index contributed by atoms with van der Waals surface area (Å²) in [5.41, 5.74) is 2.13. The summed E-state index contributed by atoms with van der Waals surface area (Å²) in [6, 6.07) is 25.1. The lowest BCUT2D eigenvalue weighted by Crippen LogP contribution is -2.48. The van der Waals surface area contributed by atoms with E-state index in [1.807, 2.05) is 31.2 Å². The molecule has 43 heavy (non-hydrogen) atoms. The second kappa shape index (κ2) is 14.2. The number of ether oxygens (including phenoxy) is 2. The Bertz CT molecular complexity index is 1680. The molecule has 0 aliphatic rings. The second-order valence-electron chi connectivity index (χ2n) is 9.02. The number of hydrogen-bond donors (Lipinski definition) is 2. The van der Waals surface area contributed by atoms with Gasteiger partial charge in [-0.15, -0.1) is 0 Å². The number of rotatable bonds is 10. The van der Waals surface area contributed by atoms with E-state index in [2.05, 4.69) is 15.5 Å². The molecule has 0 unspecified atom stereocenters. The van der Waals surface area contributed by atoms with Crippen molar-refractivity contribution in [2.75, 3.05) is 5.32 Å². The quantitative estimate of drug-likeness (QED) is 0.141. The molecule has 0 aliphatic heterocycles. The number of carboxylic acids is 1. The molecule has 12 heteroatoms. The lowest BCUT2D eigenvalue weighted by molar-refractivity contribution is -0.157. The van der Waals surface area contributed by atoms with E-state index < -0.39 is 36.0 Å². The highest BCUT2D eigenvalue weighted by Gasteiger charge is 2.41. The molecule has 0 aliphatic carbocycles. The highest BCUT2D eigenvalue weighted by atomic mass is 35.5. The summed E-state index contributed by atoms with van der Waals surface area (Å²) in [6.07, 6.45) is -4.38. The van der Waals surface area contributed by atoms with Gasteiger partial charge in [0.2, 0.25) is 12.2 Å². The van der Waals surface area contributed by atoms with Crippen LogP contribution in [0.5, 0.6) is 0 Å². The first-order valence-corrected chi connectivity index (χ1v) is 13.4. The molecular weight excluding hydrogens is 597 g/mol. The Balaban J connectivity index is 1.57. The van der Waals surface area contributed by atoms with E-state index in [-0.39, 0.29) is 26.9 Å². The van der Waals surface area contributed by atoms with Crippen molar-refractivity contribution >= 4 is 64.1 Å². The van der Waals surface area contributed by atoms with E-state index in [1.54, 1.807) is 24.3 Å². The first kappa shape index (κ1) is 30.9.